The molecule has 10 heteroatoms. The van der Waals surface area contributed by atoms with Crippen molar-refractivity contribution in [1.29, 1.82) is 0 Å². The third kappa shape index (κ3) is 4.45. The fraction of sp³-hybridized carbons (Fsp3) is 0.400. The van der Waals surface area contributed by atoms with E-state index in [-0.39, 0.29) is 36.6 Å². The van der Waals surface area contributed by atoms with Gasteiger partial charge in [-0.2, -0.15) is 0 Å². The molecule has 2 aromatic rings. The standard InChI is InChI=1S/C15H20N3O6P/c1-4-22-25(21,23-5-2)15-14(16-3)24-13(17-15)10-11-6-8-12(9-7-11)18(19)20/h6-9,16H,4-5,10H2,1-3H3. The number of hydrogen-bond acceptors (Lipinski definition) is 8. The zero-order chi connectivity index (χ0) is 18.4. The Morgan fingerprint density at radius 1 is 1.24 bits per heavy atom. The van der Waals surface area contributed by atoms with Crippen LogP contribution < -0.4 is 10.8 Å². The second-order valence-electron chi connectivity index (χ2n) is 4.94. The summed E-state index contributed by atoms with van der Waals surface area (Å²) in [6.45, 7) is 3.82. The first-order valence-corrected chi connectivity index (χ1v) is 9.28. The molecule has 1 aromatic carbocycles. The van der Waals surface area contributed by atoms with Crippen LogP contribution in [0.25, 0.3) is 0 Å². The van der Waals surface area contributed by atoms with Gasteiger partial charge in [0.05, 0.1) is 18.1 Å². The molecular weight excluding hydrogens is 349 g/mol. The molecule has 0 saturated carbocycles. The highest BCUT2D eigenvalue weighted by molar-refractivity contribution is 7.62. The molecule has 0 bridgehead atoms. The SMILES string of the molecule is CCOP(=O)(OCC)c1nc(Cc2ccc([N+](=O)[O-])cc2)oc1NC. The molecule has 1 aromatic heterocycles. The second kappa shape index (κ2) is 8.24. The Hall–Kier alpha value is -2.22. The van der Waals surface area contributed by atoms with Gasteiger partial charge in [-0.1, -0.05) is 12.1 Å². The third-order valence-corrected chi connectivity index (χ3v) is 5.26. The first kappa shape index (κ1) is 19.1. The molecule has 0 atom stereocenters. The van der Waals surface area contributed by atoms with E-state index in [1.54, 1.807) is 33.0 Å². The summed E-state index contributed by atoms with van der Waals surface area (Å²) in [6, 6.07) is 6.05. The van der Waals surface area contributed by atoms with Gasteiger partial charge in [-0.15, -0.1) is 0 Å². The molecular formula is C15H20N3O6P. The molecule has 0 unspecified atom stereocenters. The highest BCUT2D eigenvalue weighted by atomic mass is 31.2. The summed E-state index contributed by atoms with van der Waals surface area (Å²) < 4.78 is 29.1. The summed E-state index contributed by atoms with van der Waals surface area (Å²) in [6.07, 6.45) is 0.283. The number of nitrogens with zero attached hydrogens (tertiary/aromatic N) is 2. The van der Waals surface area contributed by atoms with Gasteiger partial charge in [0.15, 0.2) is 0 Å². The summed E-state index contributed by atoms with van der Waals surface area (Å²) >= 11 is 0. The van der Waals surface area contributed by atoms with Crippen LogP contribution in [0.4, 0.5) is 11.6 Å². The molecule has 0 aliphatic heterocycles. The van der Waals surface area contributed by atoms with E-state index in [4.69, 9.17) is 13.5 Å². The maximum absolute atomic E-state index is 12.9. The average molecular weight is 369 g/mol. The van der Waals surface area contributed by atoms with Crippen LogP contribution in [0.15, 0.2) is 28.7 Å². The lowest BCUT2D eigenvalue weighted by molar-refractivity contribution is -0.384. The van der Waals surface area contributed by atoms with Crippen molar-refractivity contribution in [3.8, 4) is 0 Å². The van der Waals surface area contributed by atoms with E-state index in [1.165, 1.54) is 12.1 Å². The van der Waals surface area contributed by atoms with Crippen LogP contribution in [0.2, 0.25) is 0 Å². The summed E-state index contributed by atoms with van der Waals surface area (Å²) in [5.41, 5.74) is 0.865. The van der Waals surface area contributed by atoms with E-state index < -0.39 is 12.5 Å². The Bertz CT molecular complexity index is 764. The number of oxazole rings is 1. The summed E-state index contributed by atoms with van der Waals surface area (Å²) in [7, 11) is -1.97. The van der Waals surface area contributed by atoms with Crippen molar-refractivity contribution in [2.24, 2.45) is 0 Å². The number of nitro groups is 1. The van der Waals surface area contributed by atoms with Gasteiger partial charge in [0, 0.05) is 25.6 Å². The van der Waals surface area contributed by atoms with Gasteiger partial charge in [-0.3, -0.25) is 14.7 Å². The van der Waals surface area contributed by atoms with Gasteiger partial charge < -0.3 is 18.8 Å². The molecule has 1 N–H and O–H groups in total. The van der Waals surface area contributed by atoms with Crippen LogP contribution in [-0.4, -0.2) is 30.2 Å². The quantitative estimate of drug-likeness (QED) is 0.407. The third-order valence-electron chi connectivity index (χ3n) is 3.24. The van der Waals surface area contributed by atoms with Crippen molar-refractivity contribution >= 4 is 24.6 Å². The van der Waals surface area contributed by atoms with Crippen LogP contribution in [0, 0.1) is 10.1 Å². The summed E-state index contributed by atoms with van der Waals surface area (Å²) in [4.78, 5) is 14.5. The Labute approximate surface area is 145 Å². The lowest BCUT2D eigenvalue weighted by Crippen LogP contribution is -2.15. The molecule has 0 aliphatic carbocycles. The largest absolute Gasteiger partial charge is 0.424 e. The van der Waals surface area contributed by atoms with Crippen molar-refractivity contribution in [1.82, 2.24) is 4.98 Å². The highest BCUT2D eigenvalue weighted by Gasteiger charge is 2.35. The number of rotatable bonds is 9. The molecule has 0 aliphatic rings. The number of hydrogen-bond donors (Lipinski definition) is 1. The van der Waals surface area contributed by atoms with Gasteiger partial charge in [0.2, 0.25) is 17.2 Å². The number of nitrogens with one attached hydrogen (secondary N) is 1. The van der Waals surface area contributed by atoms with Gasteiger partial charge >= 0.3 is 7.60 Å². The predicted molar refractivity (Wildman–Crippen MR) is 92.4 cm³/mol. The van der Waals surface area contributed by atoms with Gasteiger partial charge in [-0.25, -0.2) is 4.98 Å². The highest BCUT2D eigenvalue weighted by Crippen LogP contribution is 2.48. The van der Waals surface area contributed by atoms with Crippen molar-refractivity contribution < 1.29 is 23.0 Å². The fourth-order valence-electron chi connectivity index (χ4n) is 2.19. The lowest BCUT2D eigenvalue weighted by atomic mass is 10.1. The van der Waals surface area contributed by atoms with E-state index in [9.17, 15) is 14.7 Å². The van der Waals surface area contributed by atoms with Gasteiger partial charge in [0.25, 0.3) is 5.69 Å². The minimum atomic E-state index is -3.59. The number of aromatic nitrogens is 1. The minimum Gasteiger partial charge on any atom is -0.424 e. The smallest absolute Gasteiger partial charge is 0.385 e. The Balaban J connectivity index is 2.30. The zero-order valence-corrected chi connectivity index (χ0v) is 15.1. The van der Waals surface area contributed by atoms with Crippen molar-refractivity contribution in [3.05, 3.63) is 45.8 Å². The van der Waals surface area contributed by atoms with Crippen LogP contribution in [0.3, 0.4) is 0 Å². The van der Waals surface area contributed by atoms with Crippen molar-refractivity contribution in [2.45, 2.75) is 20.3 Å². The number of non-ortho nitro benzene ring substituents is 1. The molecule has 2 rings (SSSR count). The minimum absolute atomic E-state index is 0.00458. The van der Waals surface area contributed by atoms with Crippen molar-refractivity contribution in [2.75, 3.05) is 25.6 Å². The molecule has 1 heterocycles. The lowest BCUT2D eigenvalue weighted by Gasteiger charge is -2.14. The summed E-state index contributed by atoms with van der Waals surface area (Å²) in [5.74, 6) is 0.509. The Morgan fingerprint density at radius 2 is 1.84 bits per heavy atom. The molecule has 0 radical (unpaired) electrons. The summed E-state index contributed by atoms with van der Waals surface area (Å²) in [5, 5.41) is 13.5. The monoisotopic (exact) mass is 369 g/mol. The van der Waals surface area contributed by atoms with Gasteiger partial charge in [-0.05, 0) is 19.4 Å². The van der Waals surface area contributed by atoms with Gasteiger partial charge in [0.1, 0.15) is 0 Å². The van der Waals surface area contributed by atoms with E-state index >= 15 is 0 Å². The Morgan fingerprint density at radius 3 is 2.32 bits per heavy atom. The van der Waals surface area contributed by atoms with E-state index in [0.29, 0.717) is 5.89 Å². The first-order valence-electron chi connectivity index (χ1n) is 7.74. The molecule has 25 heavy (non-hydrogen) atoms. The molecule has 0 fully saturated rings. The molecule has 136 valence electrons. The average Bonchev–Trinajstić information content (AvgIpc) is 2.99. The van der Waals surface area contributed by atoms with Crippen LogP contribution in [0.5, 0.6) is 0 Å². The molecule has 0 saturated heterocycles. The van der Waals surface area contributed by atoms with E-state index in [1.807, 2.05) is 0 Å². The fourth-order valence-corrected chi connectivity index (χ4v) is 3.83. The van der Waals surface area contributed by atoms with Crippen LogP contribution in [-0.2, 0) is 20.0 Å². The van der Waals surface area contributed by atoms with E-state index in [2.05, 4.69) is 10.3 Å². The number of anilines is 1. The zero-order valence-electron chi connectivity index (χ0n) is 14.2. The van der Waals surface area contributed by atoms with Crippen LogP contribution >= 0.6 is 7.60 Å². The number of nitro benzene ring substituents is 1. The second-order valence-corrected chi connectivity index (χ2v) is 6.88. The number of benzene rings is 1. The predicted octanol–water partition coefficient (Wildman–Crippen LogP) is 3.11. The van der Waals surface area contributed by atoms with Crippen molar-refractivity contribution in [3.63, 3.8) is 0 Å². The topological polar surface area (TPSA) is 117 Å². The Kier molecular flexibility index (Phi) is 6.30. The maximum Gasteiger partial charge on any atom is 0.385 e. The maximum atomic E-state index is 12.9. The first-order chi connectivity index (χ1) is 11.9. The van der Waals surface area contributed by atoms with Crippen LogP contribution in [0.1, 0.15) is 25.3 Å². The molecule has 0 amide bonds. The van der Waals surface area contributed by atoms with E-state index in [0.717, 1.165) is 5.56 Å². The molecule has 9 nitrogen and oxygen atoms in total. The normalized spacial score (nSPS) is 11.5. The molecule has 0 spiro atoms.